The highest BCUT2D eigenvalue weighted by molar-refractivity contribution is 5.85. The van der Waals surface area contributed by atoms with Crippen molar-refractivity contribution in [1.82, 2.24) is 10.3 Å². The van der Waals surface area contributed by atoms with Crippen LogP contribution in [0, 0.1) is 10.1 Å². The number of carbonyl (C=O) groups excluding carboxylic acids is 1. The average Bonchev–Trinajstić information content (AvgIpc) is 2.26. The molecule has 20 heavy (non-hydrogen) atoms. The number of carbonyl (C=O) groups is 1. The lowest BCUT2D eigenvalue weighted by molar-refractivity contribution is -0.384. The fourth-order valence-corrected chi connectivity index (χ4v) is 1.47. The van der Waals surface area contributed by atoms with E-state index in [-0.39, 0.29) is 28.8 Å². The summed E-state index contributed by atoms with van der Waals surface area (Å²) in [5, 5.41) is 16.4. The molecule has 0 fully saturated rings. The van der Waals surface area contributed by atoms with E-state index in [1.54, 1.807) is 6.92 Å². The summed E-state index contributed by atoms with van der Waals surface area (Å²) in [4.78, 5) is 26.1. The minimum atomic E-state index is -0.678. The molecule has 8 nitrogen and oxygen atoms in total. The van der Waals surface area contributed by atoms with Crippen LogP contribution in [-0.2, 0) is 4.79 Å². The van der Waals surface area contributed by atoms with Crippen LogP contribution in [0.25, 0.3) is 0 Å². The van der Waals surface area contributed by atoms with Gasteiger partial charge in [-0.3, -0.25) is 14.9 Å². The Morgan fingerprint density at radius 1 is 1.45 bits per heavy atom. The molecule has 1 rings (SSSR count). The number of hydrogen-bond acceptors (Lipinski definition) is 6. The smallest absolute Gasteiger partial charge is 0.311 e. The zero-order valence-electron chi connectivity index (χ0n) is 11.9. The average molecular weight is 281 g/mol. The minimum Gasteiger partial charge on any atom is -0.384 e. The van der Waals surface area contributed by atoms with Gasteiger partial charge in [-0.25, -0.2) is 4.98 Å². The van der Waals surface area contributed by atoms with E-state index in [4.69, 9.17) is 5.73 Å². The van der Waals surface area contributed by atoms with Crippen LogP contribution in [0.5, 0.6) is 0 Å². The lowest BCUT2D eigenvalue weighted by Crippen LogP contribution is -2.47. The number of nitrogens with two attached hydrogens (primary N) is 1. The van der Waals surface area contributed by atoms with Crippen molar-refractivity contribution in [3.63, 3.8) is 0 Å². The summed E-state index contributed by atoms with van der Waals surface area (Å²) in [5.74, 6) is -0.163. The van der Waals surface area contributed by atoms with Gasteiger partial charge in [-0.1, -0.05) is 0 Å². The molecule has 1 amide bonds. The van der Waals surface area contributed by atoms with Gasteiger partial charge < -0.3 is 16.4 Å². The molecule has 1 aromatic heterocycles. The van der Waals surface area contributed by atoms with E-state index in [2.05, 4.69) is 15.6 Å². The lowest BCUT2D eigenvalue weighted by Gasteiger charge is -2.23. The van der Waals surface area contributed by atoms with Crippen LogP contribution in [0.3, 0.4) is 0 Å². The van der Waals surface area contributed by atoms with Gasteiger partial charge in [-0.05, 0) is 33.8 Å². The fraction of sp³-hybridized carbons (Fsp3) is 0.500. The molecule has 0 aliphatic carbocycles. The van der Waals surface area contributed by atoms with Gasteiger partial charge in [-0.2, -0.15) is 0 Å². The van der Waals surface area contributed by atoms with Crippen molar-refractivity contribution >= 4 is 23.2 Å². The molecule has 0 aromatic carbocycles. The number of nitrogens with one attached hydrogen (secondary N) is 2. The number of anilines is 2. The van der Waals surface area contributed by atoms with E-state index in [9.17, 15) is 14.9 Å². The van der Waals surface area contributed by atoms with Crippen LogP contribution < -0.4 is 16.4 Å². The van der Waals surface area contributed by atoms with Crippen molar-refractivity contribution in [3.8, 4) is 0 Å². The Kier molecular flexibility index (Phi) is 4.49. The molecule has 0 radical (unpaired) electrons. The van der Waals surface area contributed by atoms with Crippen LogP contribution >= 0.6 is 0 Å². The van der Waals surface area contributed by atoms with Crippen molar-refractivity contribution in [2.24, 2.45) is 0 Å². The fourth-order valence-electron chi connectivity index (χ4n) is 1.47. The monoisotopic (exact) mass is 281 g/mol. The first kappa shape index (κ1) is 15.7. The van der Waals surface area contributed by atoms with Gasteiger partial charge in [0.2, 0.25) is 11.7 Å². The van der Waals surface area contributed by atoms with Crippen molar-refractivity contribution in [1.29, 1.82) is 0 Å². The Labute approximate surface area is 116 Å². The van der Waals surface area contributed by atoms with E-state index in [1.807, 2.05) is 20.8 Å². The van der Waals surface area contributed by atoms with Gasteiger partial charge in [0.05, 0.1) is 4.92 Å². The summed E-state index contributed by atoms with van der Waals surface area (Å²) >= 11 is 0. The zero-order chi connectivity index (χ0) is 15.5. The van der Waals surface area contributed by atoms with Gasteiger partial charge in [0.1, 0.15) is 11.9 Å². The van der Waals surface area contributed by atoms with E-state index in [0.29, 0.717) is 0 Å². The lowest BCUT2D eigenvalue weighted by atomic mass is 10.1. The van der Waals surface area contributed by atoms with Gasteiger partial charge >= 0.3 is 5.69 Å². The van der Waals surface area contributed by atoms with E-state index in [1.165, 1.54) is 12.1 Å². The molecule has 1 aromatic rings. The first-order chi connectivity index (χ1) is 9.10. The number of rotatable bonds is 4. The molecule has 0 aliphatic heterocycles. The Morgan fingerprint density at radius 2 is 2.05 bits per heavy atom. The van der Waals surface area contributed by atoms with E-state index >= 15 is 0 Å². The molecule has 0 saturated carbocycles. The third-order valence-electron chi connectivity index (χ3n) is 2.34. The minimum absolute atomic E-state index is 0.0217. The molecular formula is C12H19N5O3. The summed E-state index contributed by atoms with van der Waals surface area (Å²) in [5.41, 5.74) is 4.89. The maximum atomic E-state index is 11.9. The Hall–Kier alpha value is -2.38. The molecule has 4 N–H and O–H groups in total. The third-order valence-corrected chi connectivity index (χ3v) is 2.34. The number of nitrogen functional groups attached to an aromatic ring is 1. The third kappa shape index (κ3) is 4.38. The molecule has 1 atom stereocenters. The maximum absolute atomic E-state index is 11.9. The molecule has 1 unspecified atom stereocenters. The molecule has 0 saturated heterocycles. The first-order valence-corrected chi connectivity index (χ1v) is 6.09. The van der Waals surface area contributed by atoms with Crippen LogP contribution in [0.15, 0.2) is 12.1 Å². The second-order valence-electron chi connectivity index (χ2n) is 5.47. The SMILES string of the molecule is CC(Nc1nc(N)ccc1[N+](=O)[O-])C(=O)NC(C)(C)C. The predicted molar refractivity (Wildman–Crippen MR) is 76.3 cm³/mol. The van der Waals surface area contributed by atoms with Gasteiger partial charge in [0.25, 0.3) is 0 Å². The largest absolute Gasteiger partial charge is 0.384 e. The molecule has 0 aliphatic rings. The number of aromatic nitrogens is 1. The first-order valence-electron chi connectivity index (χ1n) is 6.09. The summed E-state index contributed by atoms with van der Waals surface area (Å²) < 4.78 is 0. The van der Waals surface area contributed by atoms with Gasteiger partial charge in [0.15, 0.2) is 0 Å². The maximum Gasteiger partial charge on any atom is 0.311 e. The number of hydrogen-bond donors (Lipinski definition) is 3. The van der Waals surface area contributed by atoms with Crippen LogP contribution in [0.1, 0.15) is 27.7 Å². The second-order valence-corrected chi connectivity index (χ2v) is 5.47. The number of amides is 1. The number of nitrogens with zero attached hydrogens (tertiary/aromatic N) is 2. The van der Waals surface area contributed by atoms with Gasteiger partial charge in [0, 0.05) is 11.6 Å². The van der Waals surface area contributed by atoms with Crippen molar-refractivity contribution in [3.05, 3.63) is 22.2 Å². The number of pyridine rings is 1. The summed E-state index contributed by atoms with van der Waals surface area (Å²) in [6.07, 6.45) is 0. The predicted octanol–water partition coefficient (Wildman–Crippen LogP) is 1.29. The Morgan fingerprint density at radius 3 is 2.55 bits per heavy atom. The summed E-state index contributed by atoms with van der Waals surface area (Å²) in [7, 11) is 0. The summed E-state index contributed by atoms with van der Waals surface area (Å²) in [6.45, 7) is 7.13. The molecule has 1 heterocycles. The van der Waals surface area contributed by atoms with Crippen molar-refractivity contribution in [2.45, 2.75) is 39.3 Å². The summed E-state index contributed by atoms with van der Waals surface area (Å²) in [6, 6.07) is 1.91. The highest BCUT2D eigenvalue weighted by atomic mass is 16.6. The number of nitro groups is 1. The molecule has 0 spiro atoms. The van der Waals surface area contributed by atoms with Crippen molar-refractivity contribution in [2.75, 3.05) is 11.1 Å². The van der Waals surface area contributed by atoms with Crippen LogP contribution in [0.2, 0.25) is 0 Å². The standard InChI is InChI=1S/C12H19N5O3/c1-7(11(18)16-12(2,3)4)14-10-8(17(19)20)5-6-9(13)15-10/h5-7H,1-4H3,(H,16,18)(H3,13,14,15). The second kappa shape index (κ2) is 5.72. The molecule has 0 bridgehead atoms. The van der Waals surface area contributed by atoms with Gasteiger partial charge in [-0.15, -0.1) is 0 Å². The van der Waals surface area contributed by atoms with Crippen LogP contribution in [-0.4, -0.2) is 27.4 Å². The highest BCUT2D eigenvalue weighted by Crippen LogP contribution is 2.23. The van der Waals surface area contributed by atoms with E-state index in [0.717, 1.165) is 0 Å². The quantitative estimate of drug-likeness (QED) is 0.564. The normalized spacial score (nSPS) is 12.6. The molecule has 110 valence electrons. The zero-order valence-corrected chi connectivity index (χ0v) is 11.9. The molecular weight excluding hydrogens is 262 g/mol. The Balaban J connectivity index is 2.90. The molecule has 8 heteroatoms. The van der Waals surface area contributed by atoms with E-state index < -0.39 is 11.0 Å². The van der Waals surface area contributed by atoms with Crippen LogP contribution in [0.4, 0.5) is 17.3 Å². The Bertz CT molecular complexity index is 524. The van der Waals surface area contributed by atoms with Crippen molar-refractivity contribution < 1.29 is 9.72 Å². The highest BCUT2D eigenvalue weighted by Gasteiger charge is 2.23. The topological polar surface area (TPSA) is 123 Å².